The second kappa shape index (κ2) is 8.30. The highest BCUT2D eigenvalue weighted by molar-refractivity contribution is 5.97. The molecule has 28 heavy (non-hydrogen) atoms. The van der Waals surface area contributed by atoms with E-state index in [1.165, 1.54) is 0 Å². The zero-order chi connectivity index (χ0) is 20.1. The second-order valence-electron chi connectivity index (χ2n) is 7.75. The molecule has 2 aromatic carbocycles. The van der Waals surface area contributed by atoms with Crippen molar-refractivity contribution in [3.05, 3.63) is 65.2 Å². The molecule has 0 saturated carbocycles. The smallest absolute Gasteiger partial charge is 0.407 e. The van der Waals surface area contributed by atoms with Crippen molar-refractivity contribution < 1.29 is 14.3 Å². The van der Waals surface area contributed by atoms with E-state index in [0.29, 0.717) is 6.54 Å². The molecule has 1 aliphatic rings. The van der Waals surface area contributed by atoms with E-state index in [1.807, 2.05) is 54.6 Å². The standard InChI is InChI=1S/C23H26N2O3/c1-23(2,3)28-22(27)24-15-14-21(26)25-16-19-10-5-4-8-17(19)12-13-18-9-6-7-11-20(18)25/h4-13H,14-16H2,1-3H3,(H,24,27)/b13-12-. The molecule has 1 aliphatic heterocycles. The van der Waals surface area contributed by atoms with Crippen molar-refractivity contribution in [1.29, 1.82) is 0 Å². The third kappa shape index (κ3) is 5.00. The topological polar surface area (TPSA) is 58.6 Å². The fourth-order valence-electron chi connectivity index (χ4n) is 3.09. The average Bonchev–Trinajstić information content (AvgIpc) is 2.62. The number of carbonyl (C=O) groups excluding carboxylic acids is 2. The van der Waals surface area contributed by atoms with Gasteiger partial charge >= 0.3 is 6.09 Å². The Bertz CT molecular complexity index is 897. The molecule has 1 heterocycles. The van der Waals surface area contributed by atoms with Gasteiger partial charge in [-0.25, -0.2) is 4.79 Å². The van der Waals surface area contributed by atoms with E-state index in [2.05, 4.69) is 11.4 Å². The van der Waals surface area contributed by atoms with Gasteiger partial charge in [0.2, 0.25) is 5.91 Å². The summed E-state index contributed by atoms with van der Waals surface area (Å²) in [4.78, 5) is 26.6. The predicted molar refractivity (Wildman–Crippen MR) is 112 cm³/mol. The van der Waals surface area contributed by atoms with E-state index >= 15 is 0 Å². The highest BCUT2D eigenvalue weighted by Crippen LogP contribution is 2.29. The molecule has 0 saturated heterocycles. The van der Waals surface area contributed by atoms with Crippen molar-refractivity contribution in [3.63, 3.8) is 0 Å². The maximum absolute atomic E-state index is 13.0. The zero-order valence-electron chi connectivity index (χ0n) is 16.6. The third-order valence-electron chi connectivity index (χ3n) is 4.36. The van der Waals surface area contributed by atoms with Gasteiger partial charge in [-0.3, -0.25) is 4.79 Å². The van der Waals surface area contributed by atoms with Crippen LogP contribution < -0.4 is 10.2 Å². The fourth-order valence-corrected chi connectivity index (χ4v) is 3.09. The van der Waals surface area contributed by atoms with Gasteiger partial charge in [-0.05, 0) is 43.5 Å². The largest absolute Gasteiger partial charge is 0.444 e. The van der Waals surface area contributed by atoms with Crippen LogP contribution in [-0.4, -0.2) is 24.1 Å². The molecule has 5 heteroatoms. The summed E-state index contributed by atoms with van der Waals surface area (Å²) in [5.74, 6) is -0.0476. The number of rotatable bonds is 3. The van der Waals surface area contributed by atoms with Crippen molar-refractivity contribution in [2.24, 2.45) is 0 Å². The van der Waals surface area contributed by atoms with Gasteiger partial charge in [-0.1, -0.05) is 54.6 Å². The molecule has 146 valence electrons. The van der Waals surface area contributed by atoms with Crippen LogP contribution >= 0.6 is 0 Å². The fraction of sp³-hybridized carbons (Fsp3) is 0.304. The third-order valence-corrected chi connectivity index (χ3v) is 4.36. The van der Waals surface area contributed by atoms with Crippen LogP contribution in [0.25, 0.3) is 12.2 Å². The first-order valence-electron chi connectivity index (χ1n) is 9.46. The summed E-state index contributed by atoms with van der Waals surface area (Å²) in [5, 5.41) is 2.66. The molecule has 0 atom stereocenters. The Balaban J connectivity index is 1.75. The lowest BCUT2D eigenvalue weighted by molar-refractivity contribution is -0.118. The minimum Gasteiger partial charge on any atom is -0.444 e. The SMILES string of the molecule is CC(C)(C)OC(=O)NCCC(=O)N1Cc2ccccc2/C=C\c2ccccc21. The molecule has 0 bridgehead atoms. The van der Waals surface area contributed by atoms with Gasteiger partial charge < -0.3 is 15.0 Å². The molecule has 1 N–H and O–H groups in total. The second-order valence-corrected chi connectivity index (χ2v) is 7.75. The minimum atomic E-state index is -0.563. The summed E-state index contributed by atoms with van der Waals surface area (Å²) in [6, 6.07) is 15.9. The monoisotopic (exact) mass is 378 g/mol. The average molecular weight is 378 g/mol. The van der Waals surface area contributed by atoms with E-state index in [4.69, 9.17) is 4.74 Å². The van der Waals surface area contributed by atoms with Crippen molar-refractivity contribution >= 4 is 29.8 Å². The van der Waals surface area contributed by atoms with Crippen LogP contribution in [0.15, 0.2) is 48.5 Å². The molecule has 5 nitrogen and oxygen atoms in total. The van der Waals surface area contributed by atoms with Crippen molar-refractivity contribution in [2.45, 2.75) is 39.3 Å². The number of nitrogens with zero attached hydrogens (tertiary/aromatic N) is 1. The maximum Gasteiger partial charge on any atom is 0.407 e. The summed E-state index contributed by atoms with van der Waals surface area (Å²) in [5.41, 5.74) is 3.48. The molecular weight excluding hydrogens is 352 g/mol. The Hall–Kier alpha value is -3.08. The summed E-state index contributed by atoms with van der Waals surface area (Å²) in [6.07, 6.45) is 3.80. The molecule has 0 radical (unpaired) electrons. The molecule has 3 rings (SSSR count). The first-order chi connectivity index (χ1) is 13.3. The Labute approximate surface area is 166 Å². The lowest BCUT2D eigenvalue weighted by Crippen LogP contribution is -2.37. The van der Waals surface area contributed by atoms with E-state index in [9.17, 15) is 9.59 Å². The number of hydrogen-bond acceptors (Lipinski definition) is 3. The summed E-state index contributed by atoms with van der Waals surface area (Å²) >= 11 is 0. The number of benzene rings is 2. The Morgan fingerprint density at radius 1 is 1.00 bits per heavy atom. The lowest BCUT2D eigenvalue weighted by atomic mass is 10.0. The van der Waals surface area contributed by atoms with Crippen molar-refractivity contribution in [3.8, 4) is 0 Å². The quantitative estimate of drug-likeness (QED) is 0.848. The van der Waals surface area contributed by atoms with Crippen LogP contribution in [0.5, 0.6) is 0 Å². The van der Waals surface area contributed by atoms with Gasteiger partial charge in [-0.15, -0.1) is 0 Å². The Morgan fingerprint density at radius 2 is 1.64 bits per heavy atom. The molecular formula is C23H26N2O3. The molecule has 2 aromatic rings. The summed E-state index contributed by atoms with van der Waals surface area (Å²) in [6.45, 7) is 6.13. The van der Waals surface area contributed by atoms with Gasteiger partial charge in [0.05, 0.1) is 12.2 Å². The van der Waals surface area contributed by atoms with Gasteiger partial charge in [0.15, 0.2) is 0 Å². The summed E-state index contributed by atoms with van der Waals surface area (Å²) < 4.78 is 5.22. The van der Waals surface area contributed by atoms with Gasteiger partial charge in [0.25, 0.3) is 0 Å². The van der Waals surface area contributed by atoms with E-state index in [-0.39, 0.29) is 18.9 Å². The first kappa shape index (κ1) is 19.7. The van der Waals surface area contributed by atoms with Crippen molar-refractivity contribution in [2.75, 3.05) is 11.4 Å². The lowest BCUT2D eigenvalue weighted by Gasteiger charge is -2.27. The normalized spacial score (nSPS) is 14.2. The van der Waals surface area contributed by atoms with Crippen LogP contribution in [0.4, 0.5) is 10.5 Å². The zero-order valence-corrected chi connectivity index (χ0v) is 16.6. The number of carbonyl (C=O) groups is 2. The molecule has 0 aromatic heterocycles. The van der Waals surface area contributed by atoms with Crippen LogP contribution in [-0.2, 0) is 16.1 Å². The maximum atomic E-state index is 13.0. The van der Waals surface area contributed by atoms with E-state index in [0.717, 1.165) is 22.4 Å². The number of alkyl carbamates (subject to hydrolysis) is 1. The number of anilines is 1. The van der Waals surface area contributed by atoms with Gasteiger partial charge in [-0.2, -0.15) is 0 Å². The number of amides is 2. The summed E-state index contributed by atoms with van der Waals surface area (Å²) in [7, 11) is 0. The van der Waals surface area contributed by atoms with Gasteiger partial charge in [0.1, 0.15) is 5.60 Å². The van der Waals surface area contributed by atoms with Gasteiger partial charge in [0, 0.05) is 13.0 Å². The minimum absolute atomic E-state index is 0.0476. The highest BCUT2D eigenvalue weighted by Gasteiger charge is 2.21. The highest BCUT2D eigenvalue weighted by atomic mass is 16.6. The Kier molecular flexibility index (Phi) is 5.83. The van der Waals surface area contributed by atoms with E-state index in [1.54, 1.807) is 25.7 Å². The first-order valence-corrected chi connectivity index (χ1v) is 9.46. The van der Waals surface area contributed by atoms with Crippen LogP contribution in [0.1, 0.15) is 43.9 Å². The predicted octanol–water partition coefficient (Wildman–Crippen LogP) is 4.62. The molecule has 2 amide bonds. The van der Waals surface area contributed by atoms with E-state index < -0.39 is 11.7 Å². The van der Waals surface area contributed by atoms with Crippen LogP contribution in [0, 0.1) is 0 Å². The van der Waals surface area contributed by atoms with Crippen LogP contribution in [0.3, 0.4) is 0 Å². The number of hydrogen-bond donors (Lipinski definition) is 1. The number of fused-ring (bicyclic) bond motifs is 2. The van der Waals surface area contributed by atoms with Crippen LogP contribution in [0.2, 0.25) is 0 Å². The number of nitrogens with one attached hydrogen (secondary N) is 1. The molecule has 0 aliphatic carbocycles. The molecule has 0 spiro atoms. The molecule has 0 unspecified atom stereocenters. The number of para-hydroxylation sites is 1. The van der Waals surface area contributed by atoms with Crippen molar-refractivity contribution in [1.82, 2.24) is 5.32 Å². The Morgan fingerprint density at radius 3 is 2.39 bits per heavy atom. The number of ether oxygens (including phenoxy) is 1. The molecule has 0 fully saturated rings.